The average Bonchev–Trinajstić information content (AvgIpc) is 3.66. The smallest absolute Gasteiger partial charge is 0.159 e. The van der Waals surface area contributed by atoms with Crippen molar-refractivity contribution in [2.45, 2.75) is 12.2 Å². The summed E-state index contributed by atoms with van der Waals surface area (Å²) in [4.78, 5) is 10.1. The molecule has 2 N–H and O–H groups in total. The molecule has 2 atom stereocenters. The summed E-state index contributed by atoms with van der Waals surface area (Å²) in [7, 11) is 0. The van der Waals surface area contributed by atoms with Gasteiger partial charge in [0.15, 0.2) is 5.84 Å². The third kappa shape index (κ3) is 6.09. The van der Waals surface area contributed by atoms with Gasteiger partial charge >= 0.3 is 0 Å². The summed E-state index contributed by atoms with van der Waals surface area (Å²) in [5.74, 6) is 1.53. The van der Waals surface area contributed by atoms with Crippen molar-refractivity contribution in [1.29, 1.82) is 0 Å². The van der Waals surface area contributed by atoms with Gasteiger partial charge in [-0.05, 0) is 98.8 Å². The molecule has 0 bridgehead atoms. The van der Waals surface area contributed by atoms with Crippen molar-refractivity contribution in [1.82, 2.24) is 9.88 Å². The Hall–Kier alpha value is -8.02. The molecule has 0 radical (unpaired) electrons. The van der Waals surface area contributed by atoms with Gasteiger partial charge < -0.3 is 15.2 Å². The molecule has 5 heteroatoms. The number of amidine groups is 2. The third-order valence-corrected chi connectivity index (χ3v) is 12.2. The molecule has 288 valence electrons. The van der Waals surface area contributed by atoms with Crippen LogP contribution in [0.5, 0.6) is 0 Å². The van der Waals surface area contributed by atoms with Gasteiger partial charge in [-0.3, -0.25) is 0 Å². The van der Waals surface area contributed by atoms with Gasteiger partial charge in [0.25, 0.3) is 0 Å². The lowest BCUT2D eigenvalue weighted by molar-refractivity contribution is 0.674. The molecule has 2 aliphatic rings. The van der Waals surface area contributed by atoms with Gasteiger partial charge in [-0.2, -0.15) is 0 Å². The van der Waals surface area contributed by atoms with Crippen molar-refractivity contribution >= 4 is 49.9 Å². The molecule has 0 aliphatic carbocycles. The number of nitrogens with one attached hydrogen (secondary N) is 2. The van der Waals surface area contributed by atoms with Crippen molar-refractivity contribution in [3.05, 3.63) is 240 Å². The summed E-state index contributed by atoms with van der Waals surface area (Å²) in [5.41, 5.74) is 15.2. The summed E-state index contributed by atoms with van der Waals surface area (Å²) < 4.78 is 2.43. The van der Waals surface area contributed by atoms with Gasteiger partial charge in [0, 0.05) is 38.8 Å². The highest BCUT2D eigenvalue weighted by Gasteiger charge is 2.28. The van der Waals surface area contributed by atoms with Gasteiger partial charge in [0.2, 0.25) is 0 Å². The first-order valence-corrected chi connectivity index (χ1v) is 20.9. The molecule has 2 unspecified atom stereocenters. The Balaban J connectivity index is 0.967. The van der Waals surface area contributed by atoms with E-state index in [0.717, 1.165) is 45.1 Å². The Kier molecular flexibility index (Phi) is 8.23. The molecule has 2 aliphatic heterocycles. The molecule has 5 nitrogen and oxygen atoms in total. The number of nitrogens with zero attached hydrogens (tertiary/aromatic N) is 3. The van der Waals surface area contributed by atoms with E-state index in [4.69, 9.17) is 9.98 Å². The molecule has 0 fully saturated rings. The van der Waals surface area contributed by atoms with E-state index in [1.807, 2.05) is 24.3 Å². The number of fused-ring (bicyclic) bond motifs is 7. The van der Waals surface area contributed by atoms with Crippen LogP contribution >= 0.6 is 0 Å². The van der Waals surface area contributed by atoms with Crippen LogP contribution in [0, 0.1) is 0 Å². The minimum Gasteiger partial charge on any atom is -0.374 e. The Bertz CT molecular complexity index is 3350. The first kappa shape index (κ1) is 35.0. The average molecular weight is 782 g/mol. The van der Waals surface area contributed by atoms with Gasteiger partial charge in [-0.15, -0.1) is 0 Å². The SMILES string of the molecule is c1ccc(C2=NC(c3ccccc3)NC(c3ccc4cc(-c5ccc6c(c5)c5cc7c(cc5n6-c5ccccc5)C(c5ccccc5)Nc5ccccc5-7)ccc4c3)=N2)cc1. The Morgan fingerprint density at radius 1 is 0.426 bits per heavy atom. The Morgan fingerprint density at radius 3 is 1.80 bits per heavy atom. The van der Waals surface area contributed by atoms with E-state index in [1.54, 1.807) is 0 Å². The molecule has 61 heavy (non-hydrogen) atoms. The maximum absolute atomic E-state index is 5.06. The van der Waals surface area contributed by atoms with Crippen LogP contribution in [0.3, 0.4) is 0 Å². The minimum atomic E-state index is -0.244. The normalized spacial score (nSPS) is 15.7. The zero-order chi connectivity index (χ0) is 40.3. The van der Waals surface area contributed by atoms with Crippen LogP contribution in [0.15, 0.2) is 222 Å². The van der Waals surface area contributed by atoms with E-state index >= 15 is 0 Å². The largest absolute Gasteiger partial charge is 0.374 e. The van der Waals surface area contributed by atoms with Gasteiger partial charge in [0.05, 0.1) is 17.1 Å². The van der Waals surface area contributed by atoms with Crippen LogP contribution in [-0.4, -0.2) is 16.2 Å². The fraction of sp³-hybridized carbons (Fsp3) is 0.0357. The number of benzene rings is 9. The topological polar surface area (TPSA) is 53.7 Å². The number of rotatable bonds is 6. The molecular formula is C56H39N5. The summed E-state index contributed by atoms with van der Waals surface area (Å²) in [6.07, 6.45) is -0.244. The van der Waals surface area contributed by atoms with E-state index in [2.05, 4.69) is 203 Å². The second-order valence-electron chi connectivity index (χ2n) is 15.9. The summed E-state index contributed by atoms with van der Waals surface area (Å²) in [6.45, 7) is 0. The van der Waals surface area contributed by atoms with E-state index < -0.39 is 0 Å². The van der Waals surface area contributed by atoms with Gasteiger partial charge in [0.1, 0.15) is 12.0 Å². The zero-order valence-corrected chi connectivity index (χ0v) is 33.2. The molecule has 12 rings (SSSR count). The van der Waals surface area contributed by atoms with Gasteiger partial charge in [-0.25, -0.2) is 9.98 Å². The summed E-state index contributed by atoms with van der Waals surface area (Å²) in [5, 5.41) is 12.3. The second-order valence-corrected chi connectivity index (χ2v) is 15.9. The first-order valence-electron chi connectivity index (χ1n) is 20.9. The molecule has 10 aromatic rings. The summed E-state index contributed by atoms with van der Waals surface area (Å²) >= 11 is 0. The number of para-hydroxylation sites is 2. The van der Waals surface area contributed by atoms with Gasteiger partial charge in [-0.1, -0.05) is 158 Å². The fourth-order valence-electron chi connectivity index (χ4n) is 9.27. The van der Waals surface area contributed by atoms with E-state index in [0.29, 0.717) is 0 Å². The van der Waals surface area contributed by atoms with E-state index in [9.17, 15) is 0 Å². The lowest BCUT2D eigenvalue weighted by Gasteiger charge is -2.30. The molecule has 0 amide bonds. The molecule has 1 aromatic heterocycles. The van der Waals surface area contributed by atoms with Crippen LogP contribution < -0.4 is 10.6 Å². The molecule has 3 heterocycles. The molecule has 0 spiro atoms. The predicted octanol–water partition coefficient (Wildman–Crippen LogP) is 13.3. The monoisotopic (exact) mass is 781 g/mol. The Labute approximate surface area is 354 Å². The highest BCUT2D eigenvalue weighted by atomic mass is 15.2. The van der Waals surface area contributed by atoms with Crippen LogP contribution in [0.1, 0.15) is 40.0 Å². The molecule has 0 saturated heterocycles. The molecule has 9 aromatic carbocycles. The first-order chi connectivity index (χ1) is 30.2. The van der Waals surface area contributed by atoms with Crippen molar-refractivity contribution in [2.75, 3.05) is 5.32 Å². The maximum atomic E-state index is 5.06. The highest BCUT2D eigenvalue weighted by Crippen LogP contribution is 2.47. The zero-order valence-electron chi connectivity index (χ0n) is 33.2. The lowest BCUT2D eigenvalue weighted by atomic mass is 9.85. The van der Waals surface area contributed by atoms with E-state index in [1.165, 1.54) is 60.6 Å². The number of anilines is 1. The van der Waals surface area contributed by atoms with Crippen molar-refractivity contribution in [3.63, 3.8) is 0 Å². The fourth-order valence-corrected chi connectivity index (χ4v) is 9.27. The lowest BCUT2D eigenvalue weighted by Crippen LogP contribution is -2.33. The number of aromatic nitrogens is 1. The highest BCUT2D eigenvalue weighted by molar-refractivity contribution is 6.15. The van der Waals surface area contributed by atoms with Crippen LogP contribution in [-0.2, 0) is 0 Å². The third-order valence-electron chi connectivity index (χ3n) is 12.2. The number of hydrogen-bond acceptors (Lipinski definition) is 4. The van der Waals surface area contributed by atoms with Crippen LogP contribution in [0.25, 0.3) is 60.5 Å². The Morgan fingerprint density at radius 2 is 1.03 bits per heavy atom. The number of hydrogen-bond donors (Lipinski definition) is 2. The van der Waals surface area contributed by atoms with Crippen molar-refractivity contribution < 1.29 is 0 Å². The van der Waals surface area contributed by atoms with Crippen LogP contribution in [0.2, 0.25) is 0 Å². The maximum Gasteiger partial charge on any atom is 0.159 e. The van der Waals surface area contributed by atoms with Crippen LogP contribution in [0.4, 0.5) is 5.69 Å². The standard InChI is InChI=1S/C56H39N5/c1-5-15-36(16-6-1)53-49-35-52-48(34-46(49)45-23-13-14-24-50(45)57-53)47-33-42(29-30-51(47)61(52)44-21-11-4-12-22-44)40-25-26-41-32-43(28-27-39(41)31-40)56-59-54(37-17-7-2-8-18-37)58-55(60-56)38-19-9-3-10-20-38/h1-35,53-54,57H,(H,58,59,60). The summed E-state index contributed by atoms with van der Waals surface area (Å²) in [6, 6.07) is 76.1. The minimum absolute atomic E-state index is 0.0247. The number of aliphatic imine (C=N–C) groups is 2. The van der Waals surface area contributed by atoms with E-state index in [-0.39, 0.29) is 12.2 Å². The van der Waals surface area contributed by atoms with Crippen molar-refractivity contribution in [3.8, 4) is 27.9 Å². The molecular weight excluding hydrogens is 743 g/mol. The van der Waals surface area contributed by atoms with Crippen molar-refractivity contribution in [2.24, 2.45) is 9.98 Å². The predicted molar refractivity (Wildman–Crippen MR) is 253 cm³/mol. The second kappa shape index (κ2) is 14.4. The quantitative estimate of drug-likeness (QED) is 0.177. The molecule has 0 saturated carbocycles.